The number of hydrogen-bond acceptors (Lipinski definition) is 2. The molecule has 1 heterocycles. The fourth-order valence-electron chi connectivity index (χ4n) is 3.50. The van der Waals surface area contributed by atoms with Gasteiger partial charge in [-0.25, -0.2) is 9.78 Å². The Hall–Kier alpha value is -3.11. The van der Waals surface area contributed by atoms with E-state index in [1.807, 2.05) is 44.2 Å². The van der Waals surface area contributed by atoms with Crippen LogP contribution in [0.15, 0.2) is 60.7 Å². The first kappa shape index (κ1) is 18.3. The molecule has 5 heteroatoms. The first-order valence-corrected chi connectivity index (χ1v) is 9.36. The van der Waals surface area contributed by atoms with Crippen LogP contribution in [0.25, 0.3) is 22.2 Å². The quantitative estimate of drug-likeness (QED) is 0.484. The predicted octanol–water partition coefficient (Wildman–Crippen LogP) is 5.72. The number of carboxylic acid groups (broad SMARTS) is 1. The van der Waals surface area contributed by atoms with Gasteiger partial charge in [-0.05, 0) is 66.4 Å². The van der Waals surface area contributed by atoms with Crippen molar-refractivity contribution in [2.75, 3.05) is 0 Å². The molecule has 0 bridgehead atoms. The molecule has 0 atom stereocenters. The Morgan fingerprint density at radius 3 is 2.57 bits per heavy atom. The topological polar surface area (TPSA) is 55.1 Å². The van der Waals surface area contributed by atoms with E-state index in [4.69, 9.17) is 16.6 Å². The lowest BCUT2D eigenvalue weighted by Crippen LogP contribution is -2.02. The fourth-order valence-corrected chi connectivity index (χ4v) is 3.70. The molecule has 4 aromatic rings. The van der Waals surface area contributed by atoms with Gasteiger partial charge in [0, 0.05) is 5.02 Å². The van der Waals surface area contributed by atoms with Crippen LogP contribution in [0, 0.1) is 13.8 Å². The van der Waals surface area contributed by atoms with Crippen molar-refractivity contribution in [1.29, 1.82) is 0 Å². The van der Waals surface area contributed by atoms with Crippen molar-refractivity contribution < 1.29 is 9.90 Å². The summed E-state index contributed by atoms with van der Waals surface area (Å²) < 4.78 is 2.15. The summed E-state index contributed by atoms with van der Waals surface area (Å²) in [5.74, 6) is -0.0197. The molecule has 1 aromatic heterocycles. The van der Waals surface area contributed by atoms with Crippen molar-refractivity contribution in [3.05, 3.63) is 88.2 Å². The molecule has 0 fully saturated rings. The van der Waals surface area contributed by atoms with Crippen LogP contribution in [0.4, 0.5) is 0 Å². The lowest BCUT2D eigenvalue weighted by atomic mass is 10.0. The minimum absolute atomic E-state index is 0.274. The Labute approximate surface area is 168 Å². The Bertz CT molecular complexity index is 1210. The van der Waals surface area contributed by atoms with Crippen molar-refractivity contribution >= 4 is 28.6 Å². The summed E-state index contributed by atoms with van der Waals surface area (Å²) in [5, 5.41) is 10.0. The molecule has 0 amide bonds. The second-order valence-electron chi connectivity index (χ2n) is 6.88. The summed E-state index contributed by atoms with van der Waals surface area (Å²) in [6.45, 7) is 4.64. The highest BCUT2D eigenvalue weighted by molar-refractivity contribution is 6.31. The highest BCUT2D eigenvalue weighted by Gasteiger charge is 2.14. The Kier molecular flexibility index (Phi) is 4.65. The summed E-state index contributed by atoms with van der Waals surface area (Å²) in [7, 11) is 0. The van der Waals surface area contributed by atoms with Gasteiger partial charge in [0.2, 0.25) is 0 Å². The number of aryl methyl sites for hydroxylation is 2. The maximum Gasteiger partial charge on any atom is 0.335 e. The number of rotatable bonds is 4. The van der Waals surface area contributed by atoms with Gasteiger partial charge in [-0.3, -0.25) is 0 Å². The Balaban J connectivity index is 1.87. The number of imidazole rings is 1. The number of benzene rings is 3. The average molecular weight is 391 g/mol. The molecule has 28 heavy (non-hydrogen) atoms. The number of carboxylic acids is 1. The normalized spacial score (nSPS) is 11.1. The number of aromatic nitrogens is 2. The molecule has 0 radical (unpaired) electrons. The molecule has 0 saturated carbocycles. The second kappa shape index (κ2) is 7.13. The zero-order valence-electron chi connectivity index (χ0n) is 15.6. The number of fused-ring (bicyclic) bond motifs is 1. The van der Waals surface area contributed by atoms with Crippen molar-refractivity contribution in [3.63, 3.8) is 0 Å². The van der Waals surface area contributed by atoms with Crippen LogP contribution in [-0.2, 0) is 6.54 Å². The molecule has 0 unspecified atom stereocenters. The smallest absolute Gasteiger partial charge is 0.335 e. The third-order valence-electron chi connectivity index (χ3n) is 4.96. The van der Waals surface area contributed by atoms with E-state index in [-0.39, 0.29) is 5.56 Å². The summed E-state index contributed by atoms with van der Waals surface area (Å²) in [4.78, 5) is 16.1. The van der Waals surface area contributed by atoms with Gasteiger partial charge < -0.3 is 9.67 Å². The summed E-state index contributed by atoms with van der Waals surface area (Å²) >= 11 is 6.36. The van der Waals surface area contributed by atoms with Gasteiger partial charge in [-0.1, -0.05) is 41.9 Å². The highest BCUT2D eigenvalue weighted by Crippen LogP contribution is 2.30. The van der Waals surface area contributed by atoms with E-state index in [0.29, 0.717) is 6.54 Å². The molecule has 0 aliphatic rings. The predicted molar refractivity (Wildman–Crippen MR) is 112 cm³/mol. The van der Waals surface area contributed by atoms with E-state index in [2.05, 4.69) is 16.7 Å². The molecule has 1 N–H and O–H groups in total. The monoisotopic (exact) mass is 390 g/mol. The molecule has 3 aromatic carbocycles. The first-order valence-electron chi connectivity index (χ1n) is 8.98. The number of nitrogens with zero attached hydrogens (tertiary/aromatic N) is 2. The summed E-state index contributed by atoms with van der Waals surface area (Å²) in [6.07, 6.45) is 0. The lowest BCUT2D eigenvalue weighted by Gasteiger charge is -2.11. The third kappa shape index (κ3) is 3.27. The lowest BCUT2D eigenvalue weighted by molar-refractivity contribution is 0.0697. The molecule has 4 nitrogen and oxygen atoms in total. The number of hydrogen-bond donors (Lipinski definition) is 1. The minimum Gasteiger partial charge on any atom is -0.478 e. The van der Waals surface area contributed by atoms with Crippen LogP contribution in [0.5, 0.6) is 0 Å². The van der Waals surface area contributed by atoms with Crippen molar-refractivity contribution in [2.45, 2.75) is 20.4 Å². The average Bonchev–Trinajstić information content (AvgIpc) is 3.00. The van der Waals surface area contributed by atoms with E-state index in [9.17, 15) is 9.90 Å². The van der Waals surface area contributed by atoms with E-state index in [0.717, 1.165) is 44.1 Å². The van der Waals surface area contributed by atoms with Crippen LogP contribution < -0.4 is 0 Å². The van der Waals surface area contributed by atoms with Crippen molar-refractivity contribution in [2.24, 2.45) is 0 Å². The van der Waals surface area contributed by atoms with Crippen LogP contribution in [0.1, 0.15) is 27.3 Å². The SMILES string of the molecule is Cc1cc(-c2cccc(C(=O)O)c2)cc2c1nc(C)n2Cc1ccccc1Cl. The number of aromatic carboxylic acids is 1. The Morgan fingerprint density at radius 2 is 1.82 bits per heavy atom. The largest absolute Gasteiger partial charge is 0.478 e. The van der Waals surface area contributed by atoms with E-state index >= 15 is 0 Å². The highest BCUT2D eigenvalue weighted by atomic mass is 35.5. The minimum atomic E-state index is -0.931. The van der Waals surface area contributed by atoms with Gasteiger partial charge in [-0.15, -0.1) is 0 Å². The summed E-state index contributed by atoms with van der Waals surface area (Å²) in [6, 6.07) is 18.9. The Morgan fingerprint density at radius 1 is 1.04 bits per heavy atom. The summed E-state index contributed by atoms with van der Waals surface area (Å²) in [5.41, 5.74) is 6.14. The molecule has 4 rings (SSSR count). The van der Waals surface area contributed by atoms with E-state index in [1.165, 1.54) is 0 Å². The second-order valence-corrected chi connectivity index (χ2v) is 7.29. The van der Waals surface area contributed by atoms with Gasteiger partial charge in [0.05, 0.1) is 23.1 Å². The van der Waals surface area contributed by atoms with Gasteiger partial charge in [0.25, 0.3) is 0 Å². The maximum absolute atomic E-state index is 11.3. The van der Waals surface area contributed by atoms with Crippen LogP contribution >= 0.6 is 11.6 Å². The van der Waals surface area contributed by atoms with Crippen molar-refractivity contribution in [3.8, 4) is 11.1 Å². The van der Waals surface area contributed by atoms with Crippen LogP contribution in [0.3, 0.4) is 0 Å². The molecule has 140 valence electrons. The molecule has 0 saturated heterocycles. The van der Waals surface area contributed by atoms with Gasteiger partial charge >= 0.3 is 5.97 Å². The fraction of sp³-hybridized carbons (Fsp3) is 0.130. The molecule has 0 aliphatic carbocycles. The number of carbonyl (C=O) groups is 1. The zero-order valence-corrected chi connectivity index (χ0v) is 16.4. The molecular weight excluding hydrogens is 372 g/mol. The van der Waals surface area contributed by atoms with Gasteiger partial charge in [-0.2, -0.15) is 0 Å². The maximum atomic E-state index is 11.3. The molecular formula is C23H19ClN2O2. The van der Waals surface area contributed by atoms with Crippen LogP contribution in [0.2, 0.25) is 5.02 Å². The zero-order chi connectivity index (χ0) is 19.8. The van der Waals surface area contributed by atoms with E-state index < -0.39 is 5.97 Å². The van der Waals surface area contributed by atoms with E-state index in [1.54, 1.807) is 18.2 Å². The van der Waals surface area contributed by atoms with Gasteiger partial charge in [0.1, 0.15) is 5.82 Å². The van der Waals surface area contributed by atoms with Crippen molar-refractivity contribution in [1.82, 2.24) is 9.55 Å². The number of halogens is 1. The standard InChI is InChI=1S/C23H19ClN2O2/c1-14-10-19(16-7-5-8-17(11-16)23(27)28)12-21-22(14)25-15(2)26(21)13-18-6-3-4-9-20(18)24/h3-12H,13H2,1-2H3,(H,27,28). The first-order chi connectivity index (χ1) is 13.4. The third-order valence-corrected chi connectivity index (χ3v) is 5.33. The molecule has 0 aliphatic heterocycles. The van der Waals surface area contributed by atoms with Gasteiger partial charge in [0.15, 0.2) is 0 Å². The van der Waals surface area contributed by atoms with Crippen LogP contribution in [-0.4, -0.2) is 20.6 Å². The molecule has 0 spiro atoms.